The standard InChI is InChI=1S/C13H19FO3/c1-4-16-10-7-11(9(2)3)13(14)12(8-10)17-6-5-15/h7-9,15H,4-6H2,1-3H3. The van der Waals surface area contributed by atoms with Crippen LogP contribution in [0.4, 0.5) is 4.39 Å². The first-order valence-corrected chi connectivity index (χ1v) is 5.80. The third-order valence-corrected chi connectivity index (χ3v) is 2.32. The number of rotatable bonds is 6. The second-order valence-electron chi connectivity index (χ2n) is 3.98. The van der Waals surface area contributed by atoms with Gasteiger partial charge in [-0.3, -0.25) is 0 Å². The summed E-state index contributed by atoms with van der Waals surface area (Å²) in [6, 6.07) is 3.20. The Hall–Kier alpha value is -1.29. The van der Waals surface area contributed by atoms with Gasteiger partial charge in [0.1, 0.15) is 12.4 Å². The van der Waals surface area contributed by atoms with Crippen LogP contribution in [-0.2, 0) is 0 Å². The molecule has 0 spiro atoms. The molecular weight excluding hydrogens is 223 g/mol. The summed E-state index contributed by atoms with van der Waals surface area (Å²) < 4.78 is 24.5. The van der Waals surface area contributed by atoms with Crippen molar-refractivity contribution in [1.29, 1.82) is 0 Å². The van der Waals surface area contributed by atoms with Gasteiger partial charge in [0.2, 0.25) is 0 Å². The SMILES string of the molecule is CCOc1cc(OCCO)c(F)c(C(C)C)c1. The lowest BCUT2D eigenvalue weighted by Crippen LogP contribution is -2.06. The van der Waals surface area contributed by atoms with Gasteiger partial charge < -0.3 is 14.6 Å². The average Bonchev–Trinajstić information content (AvgIpc) is 2.29. The third kappa shape index (κ3) is 3.60. The van der Waals surface area contributed by atoms with E-state index in [1.165, 1.54) is 6.07 Å². The largest absolute Gasteiger partial charge is 0.494 e. The molecule has 0 bridgehead atoms. The van der Waals surface area contributed by atoms with E-state index in [1.807, 2.05) is 20.8 Å². The number of halogens is 1. The number of aliphatic hydroxyl groups excluding tert-OH is 1. The van der Waals surface area contributed by atoms with Gasteiger partial charge in [0.25, 0.3) is 0 Å². The first-order valence-electron chi connectivity index (χ1n) is 5.80. The van der Waals surface area contributed by atoms with Gasteiger partial charge in [-0.15, -0.1) is 0 Å². The first-order chi connectivity index (χ1) is 8.10. The summed E-state index contributed by atoms with van der Waals surface area (Å²) in [5.41, 5.74) is 0.559. The quantitative estimate of drug-likeness (QED) is 0.833. The zero-order valence-electron chi connectivity index (χ0n) is 10.5. The van der Waals surface area contributed by atoms with Crippen molar-refractivity contribution in [2.24, 2.45) is 0 Å². The number of hydrogen-bond donors (Lipinski definition) is 1. The van der Waals surface area contributed by atoms with E-state index in [-0.39, 0.29) is 30.7 Å². The van der Waals surface area contributed by atoms with Crippen molar-refractivity contribution >= 4 is 0 Å². The van der Waals surface area contributed by atoms with E-state index >= 15 is 0 Å². The summed E-state index contributed by atoms with van der Waals surface area (Å²) in [5.74, 6) is 0.392. The Balaban J connectivity index is 3.08. The van der Waals surface area contributed by atoms with Crippen molar-refractivity contribution in [2.45, 2.75) is 26.7 Å². The average molecular weight is 242 g/mol. The van der Waals surface area contributed by atoms with Crippen LogP contribution < -0.4 is 9.47 Å². The van der Waals surface area contributed by atoms with E-state index in [1.54, 1.807) is 6.07 Å². The summed E-state index contributed by atoms with van der Waals surface area (Å²) in [5, 5.41) is 8.69. The molecule has 0 saturated heterocycles. The molecule has 96 valence electrons. The van der Waals surface area contributed by atoms with Gasteiger partial charge in [-0.05, 0) is 24.5 Å². The Morgan fingerprint density at radius 1 is 1.29 bits per heavy atom. The molecule has 0 aliphatic carbocycles. The lowest BCUT2D eigenvalue weighted by atomic mass is 10.0. The fourth-order valence-electron chi connectivity index (χ4n) is 1.52. The maximum absolute atomic E-state index is 14.0. The van der Waals surface area contributed by atoms with Gasteiger partial charge in [-0.2, -0.15) is 0 Å². The molecule has 1 aromatic rings. The normalized spacial score (nSPS) is 10.7. The summed E-state index contributed by atoms with van der Waals surface area (Å²) in [6.45, 7) is 6.13. The Morgan fingerprint density at radius 2 is 2.00 bits per heavy atom. The van der Waals surface area contributed by atoms with Gasteiger partial charge in [-0.1, -0.05) is 13.8 Å². The van der Waals surface area contributed by atoms with E-state index < -0.39 is 0 Å². The van der Waals surface area contributed by atoms with E-state index in [0.29, 0.717) is 17.9 Å². The molecule has 1 rings (SSSR count). The molecule has 1 N–H and O–H groups in total. The predicted molar refractivity (Wildman–Crippen MR) is 64.2 cm³/mol. The zero-order valence-corrected chi connectivity index (χ0v) is 10.5. The summed E-state index contributed by atoms with van der Waals surface area (Å²) in [6.07, 6.45) is 0. The number of aliphatic hydroxyl groups is 1. The third-order valence-electron chi connectivity index (χ3n) is 2.32. The Bertz CT molecular complexity index is 364. The molecule has 0 fully saturated rings. The molecule has 0 aliphatic heterocycles. The summed E-state index contributed by atoms with van der Waals surface area (Å²) >= 11 is 0. The maximum Gasteiger partial charge on any atom is 0.168 e. The molecule has 0 amide bonds. The number of benzene rings is 1. The van der Waals surface area contributed by atoms with Crippen molar-refractivity contribution in [2.75, 3.05) is 19.8 Å². The molecule has 0 radical (unpaired) electrons. The second kappa shape index (κ2) is 6.45. The van der Waals surface area contributed by atoms with Gasteiger partial charge in [-0.25, -0.2) is 4.39 Å². The molecule has 4 heteroatoms. The molecule has 3 nitrogen and oxygen atoms in total. The molecule has 0 aromatic heterocycles. The minimum Gasteiger partial charge on any atom is -0.494 e. The lowest BCUT2D eigenvalue weighted by molar-refractivity contribution is 0.195. The van der Waals surface area contributed by atoms with Crippen molar-refractivity contribution in [3.8, 4) is 11.5 Å². The molecule has 0 saturated carbocycles. The highest BCUT2D eigenvalue weighted by atomic mass is 19.1. The highest BCUT2D eigenvalue weighted by Crippen LogP contribution is 2.31. The molecular formula is C13H19FO3. The molecule has 0 aliphatic rings. The minimum atomic E-state index is -0.378. The zero-order chi connectivity index (χ0) is 12.8. The Kier molecular flexibility index (Phi) is 5.22. The van der Waals surface area contributed by atoms with Crippen LogP contribution in [0, 0.1) is 5.82 Å². The van der Waals surface area contributed by atoms with Crippen molar-refractivity contribution < 1.29 is 19.0 Å². The van der Waals surface area contributed by atoms with Crippen LogP contribution in [0.1, 0.15) is 32.3 Å². The van der Waals surface area contributed by atoms with Gasteiger partial charge in [0.05, 0.1) is 13.2 Å². The fraction of sp³-hybridized carbons (Fsp3) is 0.538. The van der Waals surface area contributed by atoms with Crippen LogP contribution in [0.5, 0.6) is 11.5 Å². The monoisotopic (exact) mass is 242 g/mol. The predicted octanol–water partition coefficient (Wildman–Crippen LogP) is 2.72. The summed E-state index contributed by atoms with van der Waals surface area (Å²) in [7, 11) is 0. The van der Waals surface area contributed by atoms with E-state index in [9.17, 15) is 4.39 Å². The summed E-state index contributed by atoms with van der Waals surface area (Å²) in [4.78, 5) is 0. The Labute approximate surface area is 101 Å². The molecule has 0 unspecified atom stereocenters. The van der Waals surface area contributed by atoms with Gasteiger partial charge in [0.15, 0.2) is 11.6 Å². The fourth-order valence-corrected chi connectivity index (χ4v) is 1.52. The van der Waals surface area contributed by atoms with Crippen molar-refractivity contribution in [3.63, 3.8) is 0 Å². The smallest absolute Gasteiger partial charge is 0.168 e. The van der Waals surface area contributed by atoms with Gasteiger partial charge in [0, 0.05) is 6.07 Å². The van der Waals surface area contributed by atoms with Crippen molar-refractivity contribution in [3.05, 3.63) is 23.5 Å². The topological polar surface area (TPSA) is 38.7 Å². The Morgan fingerprint density at radius 3 is 2.53 bits per heavy atom. The lowest BCUT2D eigenvalue weighted by Gasteiger charge is -2.14. The highest BCUT2D eigenvalue weighted by molar-refractivity contribution is 5.41. The van der Waals surface area contributed by atoms with Gasteiger partial charge >= 0.3 is 0 Å². The molecule has 0 heterocycles. The first kappa shape index (κ1) is 13.8. The van der Waals surface area contributed by atoms with E-state index in [2.05, 4.69) is 0 Å². The second-order valence-corrected chi connectivity index (χ2v) is 3.98. The highest BCUT2D eigenvalue weighted by Gasteiger charge is 2.15. The van der Waals surface area contributed by atoms with Crippen LogP contribution in [0.3, 0.4) is 0 Å². The van der Waals surface area contributed by atoms with Crippen LogP contribution >= 0.6 is 0 Å². The van der Waals surface area contributed by atoms with Crippen LogP contribution in [0.15, 0.2) is 12.1 Å². The van der Waals surface area contributed by atoms with Crippen molar-refractivity contribution in [1.82, 2.24) is 0 Å². The van der Waals surface area contributed by atoms with Crippen LogP contribution in [0.25, 0.3) is 0 Å². The minimum absolute atomic E-state index is 0.0480. The van der Waals surface area contributed by atoms with E-state index in [0.717, 1.165) is 0 Å². The molecule has 0 atom stereocenters. The van der Waals surface area contributed by atoms with Crippen LogP contribution in [-0.4, -0.2) is 24.9 Å². The van der Waals surface area contributed by atoms with Crippen LogP contribution in [0.2, 0.25) is 0 Å². The number of hydrogen-bond acceptors (Lipinski definition) is 3. The molecule has 17 heavy (non-hydrogen) atoms. The van der Waals surface area contributed by atoms with E-state index in [4.69, 9.17) is 14.6 Å². The number of ether oxygens (including phenoxy) is 2. The maximum atomic E-state index is 14.0. The molecule has 1 aromatic carbocycles.